The van der Waals surface area contributed by atoms with Crippen molar-refractivity contribution in [3.05, 3.63) is 11.4 Å². The first-order chi connectivity index (χ1) is 6.61. The summed E-state index contributed by atoms with van der Waals surface area (Å²) in [4.78, 5) is 0.319. The Morgan fingerprint density at radius 2 is 2.07 bits per heavy atom. The number of rotatable bonds is 4. The molecule has 78 valence electrons. The average molecular weight is 212 g/mol. The van der Waals surface area contributed by atoms with Gasteiger partial charge in [0.2, 0.25) is 0 Å². The fraction of sp³-hybridized carbons (Fsp3) is 0.667. The molecule has 0 bridgehead atoms. The zero-order valence-electron chi connectivity index (χ0n) is 8.82. The van der Waals surface area contributed by atoms with Gasteiger partial charge in [0.25, 0.3) is 0 Å². The number of aromatic nitrogens is 3. The van der Waals surface area contributed by atoms with E-state index in [1.807, 2.05) is 11.6 Å². The van der Waals surface area contributed by atoms with Gasteiger partial charge in [0.1, 0.15) is 10.7 Å². The summed E-state index contributed by atoms with van der Waals surface area (Å²) < 4.78 is 1.91. The summed E-state index contributed by atoms with van der Waals surface area (Å²) in [6.07, 6.45) is 2.08. The van der Waals surface area contributed by atoms with Crippen LogP contribution in [0.15, 0.2) is 0 Å². The molecule has 0 spiro atoms. The Bertz CT molecular complexity index is 328. The van der Waals surface area contributed by atoms with Crippen molar-refractivity contribution in [3.63, 3.8) is 0 Å². The third-order valence-corrected chi connectivity index (χ3v) is 2.64. The Labute approximate surface area is 89.5 Å². The van der Waals surface area contributed by atoms with Gasteiger partial charge in [0.15, 0.2) is 0 Å². The summed E-state index contributed by atoms with van der Waals surface area (Å²) in [5.74, 6) is 0. The van der Waals surface area contributed by atoms with Gasteiger partial charge in [-0.25, -0.2) is 4.68 Å². The van der Waals surface area contributed by atoms with Gasteiger partial charge in [-0.1, -0.05) is 31.3 Å². The molecule has 0 aliphatic rings. The fourth-order valence-corrected chi connectivity index (χ4v) is 1.74. The lowest BCUT2D eigenvalue weighted by Crippen LogP contribution is -2.14. The van der Waals surface area contributed by atoms with Gasteiger partial charge in [-0.2, -0.15) is 0 Å². The molecule has 0 fully saturated rings. The molecular weight excluding hydrogens is 196 g/mol. The van der Waals surface area contributed by atoms with Crippen LogP contribution < -0.4 is 5.73 Å². The van der Waals surface area contributed by atoms with Gasteiger partial charge >= 0.3 is 0 Å². The van der Waals surface area contributed by atoms with Crippen molar-refractivity contribution in [3.8, 4) is 0 Å². The summed E-state index contributed by atoms with van der Waals surface area (Å²) in [6, 6.07) is 0.394. The minimum atomic E-state index is 0.319. The van der Waals surface area contributed by atoms with Gasteiger partial charge < -0.3 is 5.73 Å². The van der Waals surface area contributed by atoms with E-state index >= 15 is 0 Å². The summed E-state index contributed by atoms with van der Waals surface area (Å²) in [6.45, 7) is 6.22. The molecule has 0 atom stereocenters. The third-order valence-electron chi connectivity index (χ3n) is 2.45. The van der Waals surface area contributed by atoms with Crippen molar-refractivity contribution in [2.75, 3.05) is 0 Å². The molecule has 2 N–H and O–H groups in total. The molecule has 0 saturated carbocycles. The highest BCUT2D eigenvalue weighted by atomic mass is 32.1. The zero-order chi connectivity index (χ0) is 10.7. The standard InChI is InChI=1S/C9H16N4S/c1-4-7(5-2)13-6(3)8(9(10)14)11-12-13/h7H,4-5H2,1-3H3,(H2,10,14). The van der Waals surface area contributed by atoms with Crippen LogP contribution >= 0.6 is 12.2 Å². The SMILES string of the molecule is CCC(CC)n1nnc(C(N)=S)c1C. The predicted octanol–water partition coefficient (Wildman–Crippen LogP) is 1.58. The highest BCUT2D eigenvalue weighted by Gasteiger charge is 2.15. The molecule has 0 aliphatic carbocycles. The van der Waals surface area contributed by atoms with E-state index in [1.54, 1.807) is 0 Å². The number of hydrogen-bond acceptors (Lipinski definition) is 3. The highest BCUT2D eigenvalue weighted by molar-refractivity contribution is 7.80. The van der Waals surface area contributed by atoms with Crippen molar-refractivity contribution < 1.29 is 0 Å². The smallest absolute Gasteiger partial charge is 0.142 e. The second-order valence-electron chi connectivity index (χ2n) is 3.30. The van der Waals surface area contributed by atoms with E-state index in [0.29, 0.717) is 16.7 Å². The maximum atomic E-state index is 5.53. The van der Waals surface area contributed by atoms with Crippen LogP contribution in [-0.4, -0.2) is 20.0 Å². The number of nitrogens with zero attached hydrogens (tertiary/aromatic N) is 3. The number of thiocarbonyl (C=S) groups is 1. The Hall–Kier alpha value is -0.970. The zero-order valence-corrected chi connectivity index (χ0v) is 9.64. The van der Waals surface area contributed by atoms with Crippen LogP contribution in [0.4, 0.5) is 0 Å². The normalized spacial score (nSPS) is 10.9. The molecule has 1 aromatic rings. The predicted molar refractivity (Wildman–Crippen MR) is 60.3 cm³/mol. The largest absolute Gasteiger partial charge is 0.388 e. The van der Waals surface area contributed by atoms with Crippen molar-refractivity contribution in [2.45, 2.75) is 39.7 Å². The Morgan fingerprint density at radius 1 is 1.50 bits per heavy atom. The van der Waals surface area contributed by atoms with Gasteiger partial charge in [-0.15, -0.1) is 5.10 Å². The minimum absolute atomic E-state index is 0.319. The summed E-state index contributed by atoms with van der Waals surface area (Å²) in [5.41, 5.74) is 7.14. The van der Waals surface area contributed by atoms with Crippen molar-refractivity contribution in [1.29, 1.82) is 0 Å². The Kier molecular flexibility index (Phi) is 3.57. The lowest BCUT2D eigenvalue weighted by molar-refractivity contribution is 0.410. The molecule has 0 aliphatic heterocycles. The molecule has 0 radical (unpaired) electrons. The molecule has 0 saturated heterocycles. The van der Waals surface area contributed by atoms with Crippen molar-refractivity contribution in [2.24, 2.45) is 5.73 Å². The van der Waals surface area contributed by atoms with Crippen LogP contribution in [0.5, 0.6) is 0 Å². The maximum absolute atomic E-state index is 5.53. The summed E-state index contributed by atoms with van der Waals surface area (Å²) >= 11 is 4.88. The van der Waals surface area contributed by atoms with Crippen LogP contribution in [-0.2, 0) is 0 Å². The Balaban J connectivity index is 3.05. The Morgan fingerprint density at radius 3 is 2.43 bits per heavy atom. The van der Waals surface area contributed by atoms with Gasteiger partial charge in [0, 0.05) is 0 Å². The first kappa shape index (κ1) is 11.1. The molecule has 0 unspecified atom stereocenters. The second kappa shape index (κ2) is 4.50. The lowest BCUT2D eigenvalue weighted by Gasteiger charge is -2.13. The maximum Gasteiger partial charge on any atom is 0.142 e. The van der Waals surface area contributed by atoms with Crippen molar-refractivity contribution >= 4 is 17.2 Å². The first-order valence-corrected chi connectivity index (χ1v) is 5.24. The quantitative estimate of drug-likeness (QED) is 0.770. The molecule has 0 amide bonds. The van der Waals surface area contributed by atoms with E-state index in [9.17, 15) is 0 Å². The van der Waals surface area contributed by atoms with E-state index in [4.69, 9.17) is 18.0 Å². The van der Waals surface area contributed by atoms with E-state index in [2.05, 4.69) is 24.2 Å². The summed E-state index contributed by atoms with van der Waals surface area (Å²) in [7, 11) is 0. The molecule has 1 aromatic heterocycles. The van der Waals surface area contributed by atoms with E-state index < -0.39 is 0 Å². The molecule has 4 nitrogen and oxygen atoms in total. The average Bonchev–Trinajstić information content (AvgIpc) is 2.51. The van der Waals surface area contributed by atoms with E-state index in [-0.39, 0.29) is 0 Å². The first-order valence-electron chi connectivity index (χ1n) is 4.83. The van der Waals surface area contributed by atoms with Crippen LogP contribution in [0.2, 0.25) is 0 Å². The van der Waals surface area contributed by atoms with Crippen LogP contribution in [0, 0.1) is 6.92 Å². The second-order valence-corrected chi connectivity index (χ2v) is 3.74. The van der Waals surface area contributed by atoms with Crippen LogP contribution in [0.25, 0.3) is 0 Å². The topological polar surface area (TPSA) is 56.7 Å². The lowest BCUT2D eigenvalue weighted by atomic mass is 10.1. The monoisotopic (exact) mass is 212 g/mol. The van der Waals surface area contributed by atoms with Crippen LogP contribution in [0.1, 0.15) is 44.1 Å². The van der Waals surface area contributed by atoms with Crippen molar-refractivity contribution in [1.82, 2.24) is 15.0 Å². The van der Waals surface area contributed by atoms with E-state index in [0.717, 1.165) is 18.5 Å². The molecule has 0 aromatic carbocycles. The molecular formula is C9H16N4S. The van der Waals surface area contributed by atoms with Gasteiger partial charge in [-0.3, -0.25) is 0 Å². The van der Waals surface area contributed by atoms with E-state index in [1.165, 1.54) is 0 Å². The number of hydrogen-bond donors (Lipinski definition) is 1. The van der Waals surface area contributed by atoms with Gasteiger partial charge in [0.05, 0.1) is 11.7 Å². The minimum Gasteiger partial charge on any atom is -0.388 e. The van der Waals surface area contributed by atoms with Gasteiger partial charge in [-0.05, 0) is 19.8 Å². The molecule has 14 heavy (non-hydrogen) atoms. The fourth-order valence-electron chi connectivity index (χ4n) is 1.55. The summed E-state index contributed by atoms with van der Waals surface area (Å²) in [5, 5.41) is 8.06. The molecule has 1 heterocycles. The molecule has 5 heteroatoms. The number of nitrogens with two attached hydrogens (primary N) is 1. The van der Waals surface area contributed by atoms with Crippen LogP contribution in [0.3, 0.4) is 0 Å². The highest BCUT2D eigenvalue weighted by Crippen LogP contribution is 2.17. The third kappa shape index (κ3) is 1.92. The molecule has 1 rings (SSSR count).